The zero-order valence-electron chi connectivity index (χ0n) is 19.4. The molecule has 5 rings (SSSR count). The maximum absolute atomic E-state index is 13.5. The molecule has 12 heteroatoms. The van der Waals surface area contributed by atoms with Gasteiger partial charge in [-0.3, -0.25) is 4.40 Å². The number of imidazole rings is 1. The second-order valence-electron chi connectivity index (χ2n) is 9.37. The third-order valence-corrected chi connectivity index (χ3v) is 8.00. The van der Waals surface area contributed by atoms with Crippen LogP contribution >= 0.6 is 0 Å². The zero-order valence-corrected chi connectivity index (χ0v) is 20.2. The summed E-state index contributed by atoms with van der Waals surface area (Å²) in [5.74, 6) is 1.03. The molecule has 178 valence electrons. The summed E-state index contributed by atoms with van der Waals surface area (Å²) in [6.45, 7) is 11.4. The van der Waals surface area contributed by atoms with Crippen molar-refractivity contribution in [2.24, 2.45) is 0 Å². The summed E-state index contributed by atoms with van der Waals surface area (Å²) >= 11 is 0. The first-order chi connectivity index (χ1) is 15.6. The van der Waals surface area contributed by atoms with Crippen molar-refractivity contribution in [3.05, 3.63) is 24.4 Å². The van der Waals surface area contributed by atoms with E-state index >= 15 is 0 Å². The molecule has 4 atom stereocenters. The first-order valence-electron chi connectivity index (χ1n) is 11.0. The van der Waals surface area contributed by atoms with E-state index in [1.54, 1.807) is 29.8 Å². The Morgan fingerprint density at radius 2 is 1.94 bits per heavy atom. The predicted molar refractivity (Wildman–Crippen MR) is 122 cm³/mol. The standard InChI is InChI=1S/C21H29N7O4S/c1-12-8-27(9-13(2)23-12)17-6-16(33(29,30)26-21(5)11-31-14(21)3)10-28-18(17)7-22-19(28)20-25-24-15(4)32-20/h6-7,10,12-14,23,26H,8-9,11H2,1-5H3/t12-,13-,14?,21?/m0/s1. The van der Waals surface area contributed by atoms with Gasteiger partial charge in [-0.1, -0.05) is 0 Å². The first-order valence-corrected chi connectivity index (χ1v) is 12.5. The molecule has 2 fully saturated rings. The Kier molecular flexibility index (Phi) is 5.23. The maximum Gasteiger partial charge on any atom is 0.284 e. The normalized spacial score (nSPS) is 28.3. The van der Waals surface area contributed by atoms with E-state index in [9.17, 15) is 8.42 Å². The Morgan fingerprint density at radius 1 is 1.21 bits per heavy atom. The van der Waals surface area contributed by atoms with Gasteiger partial charge >= 0.3 is 0 Å². The number of anilines is 1. The molecule has 0 aliphatic carbocycles. The Morgan fingerprint density at radius 3 is 2.52 bits per heavy atom. The van der Waals surface area contributed by atoms with Gasteiger partial charge in [-0.2, -0.15) is 0 Å². The van der Waals surface area contributed by atoms with Crippen molar-refractivity contribution in [2.75, 3.05) is 24.6 Å². The van der Waals surface area contributed by atoms with Crippen LogP contribution in [0.25, 0.3) is 17.2 Å². The average molecular weight is 476 g/mol. The second kappa shape index (κ2) is 7.76. The molecule has 0 bridgehead atoms. The monoisotopic (exact) mass is 475 g/mol. The SMILES string of the molecule is Cc1nnc(-c2ncc3c(N4C[C@H](C)N[C@@H](C)C4)cc(S(=O)(=O)NC4(C)COC4C)cn23)o1. The lowest BCUT2D eigenvalue weighted by atomic mass is 9.93. The van der Waals surface area contributed by atoms with Crippen molar-refractivity contribution in [2.45, 2.75) is 63.2 Å². The van der Waals surface area contributed by atoms with Gasteiger partial charge < -0.3 is 19.4 Å². The smallest absolute Gasteiger partial charge is 0.284 e. The molecule has 2 N–H and O–H groups in total. The number of fused-ring (bicyclic) bond motifs is 1. The highest BCUT2D eigenvalue weighted by Gasteiger charge is 2.44. The quantitative estimate of drug-likeness (QED) is 0.562. The van der Waals surface area contributed by atoms with Gasteiger partial charge in [0.25, 0.3) is 5.89 Å². The molecule has 0 amide bonds. The van der Waals surface area contributed by atoms with Crippen LogP contribution in [0.4, 0.5) is 5.69 Å². The summed E-state index contributed by atoms with van der Waals surface area (Å²) < 4.78 is 42.5. The molecule has 33 heavy (non-hydrogen) atoms. The fraction of sp³-hybridized carbons (Fsp3) is 0.571. The molecule has 3 aromatic heterocycles. The molecule has 2 saturated heterocycles. The number of piperazine rings is 1. The molecule has 0 saturated carbocycles. The van der Waals surface area contributed by atoms with E-state index in [-0.39, 0.29) is 29.0 Å². The largest absolute Gasteiger partial charge is 0.419 e. The van der Waals surface area contributed by atoms with Gasteiger partial charge in [-0.15, -0.1) is 10.2 Å². The number of aromatic nitrogens is 4. The minimum Gasteiger partial charge on any atom is -0.419 e. The number of nitrogens with zero attached hydrogens (tertiary/aromatic N) is 5. The van der Waals surface area contributed by atoms with Crippen LogP contribution in [0.15, 0.2) is 27.8 Å². The summed E-state index contributed by atoms with van der Waals surface area (Å²) in [4.78, 5) is 6.83. The number of ether oxygens (including phenoxy) is 1. The molecule has 0 radical (unpaired) electrons. The summed E-state index contributed by atoms with van der Waals surface area (Å²) in [5, 5.41) is 11.5. The lowest BCUT2D eigenvalue weighted by Gasteiger charge is -2.45. The van der Waals surface area contributed by atoms with Crippen molar-refractivity contribution in [1.29, 1.82) is 0 Å². The van der Waals surface area contributed by atoms with Crippen LogP contribution in [0.5, 0.6) is 0 Å². The topological polar surface area (TPSA) is 127 Å². The van der Waals surface area contributed by atoms with E-state index in [0.29, 0.717) is 18.3 Å². The highest BCUT2D eigenvalue weighted by molar-refractivity contribution is 7.89. The van der Waals surface area contributed by atoms with Gasteiger partial charge in [0.15, 0.2) is 0 Å². The highest BCUT2D eigenvalue weighted by atomic mass is 32.2. The van der Waals surface area contributed by atoms with Gasteiger partial charge in [0.05, 0.1) is 35.7 Å². The summed E-state index contributed by atoms with van der Waals surface area (Å²) in [6, 6.07) is 2.22. The molecular weight excluding hydrogens is 446 g/mol. The molecule has 3 aromatic rings. The Labute approximate surface area is 192 Å². The Bertz CT molecular complexity index is 1290. The number of sulfonamides is 1. The van der Waals surface area contributed by atoms with E-state index in [0.717, 1.165) is 24.3 Å². The number of rotatable bonds is 5. The van der Waals surface area contributed by atoms with Crippen molar-refractivity contribution in [3.8, 4) is 11.7 Å². The fourth-order valence-corrected chi connectivity index (χ4v) is 5.97. The lowest BCUT2D eigenvalue weighted by molar-refractivity contribution is -0.120. The summed E-state index contributed by atoms with van der Waals surface area (Å²) in [7, 11) is -3.85. The molecule has 2 aliphatic heterocycles. The Balaban J connectivity index is 1.66. The van der Waals surface area contributed by atoms with E-state index in [2.05, 4.69) is 44.0 Å². The molecule has 2 unspecified atom stereocenters. The molecule has 11 nitrogen and oxygen atoms in total. The predicted octanol–water partition coefficient (Wildman–Crippen LogP) is 1.34. The van der Waals surface area contributed by atoms with Crippen LogP contribution in [0, 0.1) is 6.92 Å². The van der Waals surface area contributed by atoms with Crippen molar-refractivity contribution < 1.29 is 17.6 Å². The molecular formula is C21H29N7O4S. The van der Waals surface area contributed by atoms with Crippen molar-refractivity contribution >= 4 is 21.2 Å². The maximum atomic E-state index is 13.5. The minimum atomic E-state index is -3.85. The molecule has 2 aliphatic rings. The van der Waals surface area contributed by atoms with Gasteiger partial charge in [0, 0.05) is 38.3 Å². The molecule has 5 heterocycles. The highest BCUT2D eigenvalue weighted by Crippen LogP contribution is 2.32. The summed E-state index contributed by atoms with van der Waals surface area (Å²) in [5.41, 5.74) is 0.900. The van der Waals surface area contributed by atoms with Crippen molar-refractivity contribution in [1.82, 2.24) is 29.6 Å². The number of nitrogens with one attached hydrogen (secondary N) is 2. The van der Waals surface area contributed by atoms with Crippen LogP contribution < -0.4 is 14.9 Å². The zero-order chi connectivity index (χ0) is 23.5. The van der Waals surface area contributed by atoms with Crippen LogP contribution in [0.1, 0.15) is 33.6 Å². The number of pyridine rings is 1. The van der Waals surface area contributed by atoms with Gasteiger partial charge in [0.1, 0.15) is 4.90 Å². The van der Waals surface area contributed by atoms with Crippen LogP contribution in [-0.2, 0) is 14.8 Å². The third-order valence-electron chi connectivity index (χ3n) is 6.42. The average Bonchev–Trinajstić information content (AvgIpc) is 3.36. The number of hydrogen-bond acceptors (Lipinski definition) is 9. The van der Waals surface area contributed by atoms with Crippen LogP contribution in [0.2, 0.25) is 0 Å². The van der Waals surface area contributed by atoms with Crippen LogP contribution in [0.3, 0.4) is 0 Å². The van der Waals surface area contributed by atoms with Crippen molar-refractivity contribution in [3.63, 3.8) is 0 Å². The van der Waals surface area contributed by atoms with Gasteiger partial charge in [-0.25, -0.2) is 18.1 Å². The molecule has 0 aromatic carbocycles. The number of aryl methyl sites for hydroxylation is 1. The number of hydrogen-bond donors (Lipinski definition) is 2. The van der Waals surface area contributed by atoms with Gasteiger partial charge in [0.2, 0.25) is 21.7 Å². The van der Waals surface area contributed by atoms with E-state index in [1.807, 2.05) is 13.8 Å². The fourth-order valence-electron chi connectivity index (χ4n) is 4.50. The second-order valence-corrected chi connectivity index (χ2v) is 11.1. The summed E-state index contributed by atoms with van der Waals surface area (Å²) in [6.07, 6.45) is 3.07. The minimum absolute atomic E-state index is 0.139. The molecule has 0 spiro atoms. The first kappa shape index (κ1) is 22.3. The van der Waals surface area contributed by atoms with Gasteiger partial charge in [-0.05, 0) is 33.8 Å². The van der Waals surface area contributed by atoms with Crippen LogP contribution in [-0.4, -0.2) is 71.4 Å². The van der Waals surface area contributed by atoms with E-state index in [4.69, 9.17) is 9.15 Å². The van der Waals surface area contributed by atoms with E-state index in [1.165, 1.54) is 0 Å². The van der Waals surface area contributed by atoms with E-state index < -0.39 is 15.6 Å². The third kappa shape index (κ3) is 3.90. The lowest BCUT2D eigenvalue weighted by Crippen LogP contribution is -2.65. The Hall–Kier alpha value is -2.54.